The molecule has 1 aromatic carbocycles. The molecule has 1 saturated carbocycles. The Morgan fingerprint density at radius 3 is 2.56 bits per heavy atom. The maximum Gasteiger partial charge on any atom is 0.275 e. The van der Waals surface area contributed by atoms with Crippen molar-refractivity contribution in [3.63, 3.8) is 0 Å². The first-order chi connectivity index (χ1) is 12.7. The SMILES string of the molecule is Cl.NCCc1nc(C(=O)Nc2cccc(NC(=O)C3CCCCC3)c2)cs1. The quantitative estimate of drug-likeness (QED) is 0.676. The number of amides is 2. The van der Waals surface area contributed by atoms with E-state index >= 15 is 0 Å². The Labute approximate surface area is 169 Å². The largest absolute Gasteiger partial charge is 0.330 e. The molecule has 0 atom stereocenters. The van der Waals surface area contributed by atoms with Gasteiger partial charge in [0.15, 0.2) is 0 Å². The summed E-state index contributed by atoms with van der Waals surface area (Å²) < 4.78 is 0. The maximum absolute atomic E-state index is 12.4. The topological polar surface area (TPSA) is 97.1 Å². The minimum atomic E-state index is -0.264. The van der Waals surface area contributed by atoms with E-state index in [9.17, 15) is 9.59 Å². The lowest BCUT2D eigenvalue weighted by molar-refractivity contribution is -0.120. The molecule has 2 amide bonds. The van der Waals surface area contributed by atoms with Crippen LogP contribution in [0.2, 0.25) is 0 Å². The average Bonchev–Trinajstić information content (AvgIpc) is 3.12. The van der Waals surface area contributed by atoms with Crippen LogP contribution in [0.1, 0.15) is 47.6 Å². The molecule has 27 heavy (non-hydrogen) atoms. The molecule has 0 unspecified atom stereocenters. The number of nitrogens with two attached hydrogens (primary N) is 1. The molecule has 1 fully saturated rings. The van der Waals surface area contributed by atoms with Crippen molar-refractivity contribution in [3.05, 3.63) is 40.3 Å². The van der Waals surface area contributed by atoms with Crippen LogP contribution in [0.15, 0.2) is 29.6 Å². The third kappa shape index (κ3) is 6.02. The van der Waals surface area contributed by atoms with E-state index in [0.717, 1.165) is 30.7 Å². The summed E-state index contributed by atoms with van der Waals surface area (Å²) in [6.45, 7) is 0.511. The summed E-state index contributed by atoms with van der Waals surface area (Å²) in [6.07, 6.45) is 6.03. The van der Waals surface area contributed by atoms with Crippen LogP contribution in [-0.4, -0.2) is 23.3 Å². The zero-order chi connectivity index (χ0) is 18.4. The number of nitrogens with one attached hydrogen (secondary N) is 2. The summed E-state index contributed by atoms with van der Waals surface area (Å²) in [4.78, 5) is 29.0. The van der Waals surface area contributed by atoms with E-state index in [4.69, 9.17) is 5.73 Å². The molecule has 1 aliphatic rings. The summed E-state index contributed by atoms with van der Waals surface area (Å²) in [6, 6.07) is 7.21. The highest BCUT2D eigenvalue weighted by Gasteiger charge is 2.21. The third-order valence-corrected chi connectivity index (χ3v) is 5.42. The molecule has 6 nitrogen and oxygen atoms in total. The molecule has 0 aliphatic heterocycles. The molecule has 2 aromatic rings. The number of hydrogen-bond donors (Lipinski definition) is 3. The molecular weight excluding hydrogens is 384 g/mol. The second kappa shape index (κ2) is 10.4. The van der Waals surface area contributed by atoms with Crippen LogP contribution in [0.5, 0.6) is 0 Å². The molecule has 1 heterocycles. The predicted molar refractivity (Wildman–Crippen MR) is 112 cm³/mol. The number of halogens is 1. The summed E-state index contributed by atoms with van der Waals surface area (Å²) in [5.41, 5.74) is 7.22. The lowest BCUT2D eigenvalue weighted by Crippen LogP contribution is -2.24. The molecule has 0 spiro atoms. The lowest BCUT2D eigenvalue weighted by Gasteiger charge is -2.20. The molecular formula is C19H25ClN4O2S. The van der Waals surface area contributed by atoms with Gasteiger partial charge in [-0.25, -0.2) is 4.98 Å². The average molecular weight is 409 g/mol. The molecule has 0 radical (unpaired) electrons. The monoisotopic (exact) mass is 408 g/mol. The standard InChI is InChI=1S/C19H24N4O2S.ClH/c20-10-9-17-23-16(12-26-17)19(25)22-15-8-4-7-14(11-15)21-18(24)13-5-2-1-3-6-13;/h4,7-8,11-13H,1-3,5-6,9-10,20H2,(H,21,24)(H,22,25);1H. The Bertz CT molecular complexity index is 775. The van der Waals surface area contributed by atoms with Crippen LogP contribution in [0, 0.1) is 5.92 Å². The number of hydrogen-bond acceptors (Lipinski definition) is 5. The van der Waals surface area contributed by atoms with Gasteiger partial charge in [-0.1, -0.05) is 25.3 Å². The fraction of sp³-hybridized carbons (Fsp3) is 0.421. The highest BCUT2D eigenvalue weighted by Crippen LogP contribution is 2.25. The van der Waals surface area contributed by atoms with Gasteiger partial charge in [0.05, 0.1) is 5.01 Å². The Morgan fingerprint density at radius 2 is 1.85 bits per heavy atom. The highest BCUT2D eigenvalue weighted by molar-refractivity contribution is 7.09. The van der Waals surface area contributed by atoms with Gasteiger partial charge in [-0.15, -0.1) is 23.7 Å². The van der Waals surface area contributed by atoms with Gasteiger partial charge in [0.1, 0.15) is 5.69 Å². The van der Waals surface area contributed by atoms with Crippen molar-refractivity contribution in [2.24, 2.45) is 11.7 Å². The fourth-order valence-corrected chi connectivity index (χ4v) is 3.93. The molecule has 1 aromatic heterocycles. The molecule has 3 rings (SSSR count). The van der Waals surface area contributed by atoms with Gasteiger partial charge >= 0.3 is 0 Å². The molecule has 1 aliphatic carbocycles. The van der Waals surface area contributed by atoms with E-state index in [1.807, 2.05) is 12.1 Å². The second-order valence-electron chi connectivity index (χ2n) is 6.52. The van der Waals surface area contributed by atoms with Gasteiger partial charge in [0.25, 0.3) is 5.91 Å². The van der Waals surface area contributed by atoms with Crippen LogP contribution in [0.3, 0.4) is 0 Å². The highest BCUT2D eigenvalue weighted by atomic mass is 35.5. The first kappa shape index (κ1) is 21.3. The molecule has 0 saturated heterocycles. The second-order valence-corrected chi connectivity index (χ2v) is 7.47. The Balaban J connectivity index is 0.00000261. The Hall–Kier alpha value is -1.96. The summed E-state index contributed by atoms with van der Waals surface area (Å²) >= 11 is 1.43. The van der Waals surface area contributed by atoms with Crippen molar-refractivity contribution in [3.8, 4) is 0 Å². The summed E-state index contributed by atoms with van der Waals surface area (Å²) in [5, 5.41) is 8.38. The predicted octanol–water partition coefficient (Wildman–Crippen LogP) is 3.84. The van der Waals surface area contributed by atoms with Crippen molar-refractivity contribution in [2.75, 3.05) is 17.2 Å². The number of benzene rings is 1. The molecule has 8 heteroatoms. The molecule has 0 bridgehead atoms. The Kier molecular flexibility index (Phi) is 8.22. The van der Waals surface area contributed by atoms with Crippen molar-refractivity contribution in [1.82, 2.24) is 4.98 Å². The van der Waals surface area contributed by atoms with E-state index in [1.165, 1.54) is 17.8 Å². The minimum absolute atomic E-state index is 0. The third-order valence-electron chi connectivity index (χ3n) is 4.51. The van der Waals surface area contributed by atoms with Crippen LogP contribution in [0.4, 0.5) is 11.4 Å². The van der Waals surface area contributed by atoms with Gasteiger partial charge in [-0.2, -0.15) is 0 Å². The number of nitrogens with zero attached hydrogens (tertiary/aromatic N) is 1. The van der Waals surface area contributed by atoms with Gasteiger partial charge in [-0.3, -0.25) is 9.59 Å². The van der Waals surface area contributed by atoms with E-state index in [-0.39, 0.29) is 30.1 Å². The van der Waals surface area contributed by atoms with Crippen LogP contribution >= 0.6 is 23.7 Å². The maximum atomic E-state index is 12.4. The smallest absolute Gasteiger partial charge is 0.275 e. The van der Waals surface area contributed by atoms with E-state index in [1.54, 1.807) is 17.5 Å². The Morgan fingerprint density at radius 1 is 1.15 bits per heavy atom. The minimum Gasteiger partial charge on any atom is -0.330 e. The molecule has 4 N–H and O–H groups in total. The number of carbonyl (C=O) groups excluding carboxylic acids is 2. The van der Waals surface area contributed by atoms with Crippen molar-refractivity contribution in [2.45, 2.75) is 38.5 Å². The first-order valence-electron chi connectivity index (χ1n) is 9.02. The molecule has 146 valence electrons. The number of carbonyl (C=O) groups is 2. The van der Waals surface area contributed by atoms with E-state index in [0.29, 0.717) is 30.0 Å². The van der Waals surface area contributed by atoms with Crippen LogP contribution in [-0.2, 0) is 11.2 Å². The van der Waals surface area contributed by atoms with E-state index < -0.39 is 0 Å². The van der Waals surface area contributed by atoms with Gasteiger partial charge < -0.3 is 16.4 Å². The van der Waals surface area contributed by atoms with Gasteiger partial charge in [0.2, 0.25) is 5.91 Å². The lowest BCUT2D eigenvalue weighted by atomic mass is 9.88. The number of aromatic nitrogens is 1. The van der Waals surface area contributed by atoms with Crippen LogP contribution < -0.4 is 16.4 Å². The van der Waals surface area contributed by atoms with Gasteiger partial charge in [-0.05, 0) is 37.6 Å². The van der Waals surface area contributed by atoms with Crippen molar-refractivity contribution >= 4 is 46.9 Å². The fourth-order valence-electron chi connectivity index (χ4n) is 3.13. The zero-order valence-corrected chi connectivity index (χ0v) is 16.7. The zero-order valence-electron chi connectivity index (χ0n) is 15.1. The number of anilines is 2. The van der Waals surface area contributed by atoms with E-state index in [2.05, 4.69) is 15.6 Å². The first-order valence-corrected chi connectivity index (χ1v) is 9.90. The van der Waals surface area contributed by atoms with Crippen LogP contribution in [0.25, 0.3) is 0 Å². The number of rotatable bonds is 6. The van der Waals surface area contributed by atoms with Crippen molar-refractivity contribution < 1.29 is 9.59 Å². The van der Waals surface area contributed by atoms with Crippen molar-refractivity contribution in [1.29, 1.82) is 0 Å². The summed E-state index contributed by atoms with van der Waals surface area (Å²) in [5.74, 6) is -0.0997. The number of thiazole rings is 1. The summed E-state index contributed by atoms with van der Waals surface area (Å²) in [7, 11) is 0. The normalized spacial score (nSPS) is 14.3. The van der Waals surface area contributed by atoms with Gasteiger partial charge in [0, 0.05) is 29.1 Å².